The van der Waals surface area contributed by atoms with E-state index < -0.39 is 0 Å². The minimum atomic E-state index is 0.162. The first-order valence-electron chi connectivity index (χ1n) is 10.5. The number of hydrogen-bond donors (Lipinski definition) is 0. The number of carbonyl (C=O) groups is 1. The Morgan fingerprint density at radius 1 is 1.11 bits per heavy atom. The van der Waals surface area contributed by atoms with E-state index in [0.29, 0.717) is 42.0 Å². The minimum absolute atomic E-state index is 0.162. The molecule has 2 fully saturated rings. The summed E-state index contributed by atoms with van der Waals surface area (Å²) in [6.45, 7) is 2.97. The van der Waals surface area contributed by atoms with Crippen molar-refractivity contribution in [2.24, 2.45) is 17.3 Å². The van der Waals surface area contributed by atoms with Crippen LogP contribution in [0.15, 0.2) is 12.1 Å². The van der Waals surface area contributed by atoms with E-state index in [1.165, 1.54) is 30.4 Å². The van der Waals surface area contributed by atoms with Crippen molar-refractivity contribution in [2.75, 3.05) is 27.8 Å². The van der Waals surface area contributed by atoms with Crippen LogP contribution in [0.2, 0.25) is 0 Å². The molecule has 154 valence electrons. The second-order valence-electron chi connectivity index (χ2n) is 8.86. The summed E-state index contributed by atoms with van der Waals surface area (Å²) in [6, 6.07) is 4.15. The first-order chi connectivity index (χ1) is 13.6. The Bertz CT molecular complexity index is 717. The van der Waals surface area contributed by atoms with Crippen molar-refractivity contribution in [2.45, 2.75) is 57.5 Å². The third-order valence-electron chi connectivity index (χ3n) is 7.61. The van der Waals surface area contributed by atoms with Gasteiger partial charge in [0.1, 0.15) is 12.5 Å². The molecular formula is C23H32O5. The number of aryl methyl sites for hydroxylation is 1. The second kappa shape index (κ2) is 8.13. The summed E-state index contributed by atoms with van der Waals surface area (Å²) in [7, 11) is 3.28. The van der Waals surface area contributed by atoms with Gasteiger partial charge in [0.2, 0.25) is 0 Å². The van der Waals surface area contributed by atoms with Crippen LogP contribution in [-0.4, -0.2) is 40.2 Å². The van der Waals surface area contributed by atoms with Gasteiger partial charge >= 0.3 is 0 Å². The fourth-order valence-electron chi connectivity index (χ4n) is 6.33. The maximum absolute atomic E-state index is 11.7. The van der Waals surface area contributed by atoms with E-state index >= 15 is 0 Å². The first-order valence-corrected chi connectivity index (χ1v) is 10.5. The highest BCUT2D eigenvalue weighted by Crippen LogP contribution is 2.61. The van der Waals surface area contributed by atoms with E-state index in [9.17, 15) is 4.79 Å². The van der Waals surface area contributed by atoms with Crippen LogP contribution in [0.3, 0.4) is 0 Å². The Kier molecular flexibility index (Phi) is 5.77. The highest BCUT2D eigenvalue weighted by molar-refractivity contribution is 5.80. The molecule has 0 heterocycles. The van der Waals surface area contributed by atoms with Crippen LogP contribution in [0.25, 0.3) is 0 Å². The molecule has 0 aromatic heterocycles. The van der Waals surface area contributed by atoms with E-state index in [0.717, 1.165) is 25.5 Å². The molecule has 0 N–H and O–H groups in total. The normalized spacial score (nSPS) is 33.7. The van der Waals surface area contributed by atoms with E-state index in [1.54, 1.807) is 14.2 Å². The monoisotopic (exact) mass is 388 g/mol. The topological polar surface area (TPSA) is 54.0 Å². The fourth-order valence-corrected chi connectivity index (χ4v) is 6.33. The largest absolute Gasteiger partial charge is 0.467 e. The van der Waals surface area contributed by atoms with Gasteiger partial charge in [0.25, 0.3) is 0 Å². The average molecular weight is 389 g/mol. The highest BCUT2D eigenvalue weighted by Gasteiger charge is 2.55. The fraction of sp³-hybridized carbons (Fsp3) is 0.696. The smallest absolute Gasteiger partial charge is 0.188 e. The van der Waals surface area contributed by atoms with Crippen molar-refractivity contribution in [1.29, 1.82) is 0 Å². The van der Waals surface area contributed by atoms with Gasteiger partial charge in [-0.25, -0.2) is 0 Å². The Balaban J connectivity index is 1.60. The molecule has 0 aliphatic heterocycles. The molecule has 2 saturated carbocycles. The van der Waals surface area contributed by atoms with Crippen LogP contribution >= 0.6 is 0 Å². The lowest BCUT2D eigenvalue weighted by molar-refractivity contribution is -0.125. The number of aldehydes is 1. The summed E-state index contributed by atoms with van der Waals surface area (Å²) in [5.41, 5.74) is 3.59. The quantitative estimate of drug-likeness (QED) is 0.514. The maximum atomic E-state index is 11.7. The number of carbonyl (C=O) groups excluding carboxylic acids is 1. The number of rotatable bonds is 7. The molecule has 3 aliphatic carbocycles. The molecule has 4 rings (SSSR count). The molecule has 5 nitrogen and oxygen atoms in total. The standard InChI is InChI=1S/C23H32O5/c1-23-9-8-17-18(20(23)6-7-22(23)28-14-26-3)5-4-15-11-21(27-13-25-2)16(12-24)10-19(15)17/h10-12,17-18,20,22H,4-9,13-14H2,1-3H3/t17-,18-,20-,22+,23+/m1/s1. The molecule has 0 radical (unpaired) electrons. The molecule has 28 heavy (non-hydrogen) atoms. The second-order valence-corrected chi connectivity index (χ2v) is 8.86. The average Bonchev–Trinajstić information content (AvgIpc) is 3.05. The lowest BCUT2D eigenvalue weighted by Crippen LogP contribution is -2.44. The predicted molar refractivity (Wildman–Crippen MR) is 106 cm³/mol. The maximum Gasteiger partial charge on any atom is 0.188 e. The van der Waals surface area contributed by atoms with E-state index in [1.807, 2.05) is 0 Å². The number of fused-ring (bicyclic) bond motifs is 5. The molecule has 1 aromatic rings. The van der Waals surface area contributed by atoms with Crippen molar-refractivity contribution >= 4 is 6.29 Å². The van der Waals surface area contributed by atoms with Crippen LogP contribution in [0.5, 0.6) is 5.75 Å². The van der Waals surface area contributed by atoms with Crippen molar-refractivity contribution in [1.82, 2.24) is 0 Å². The van der Waals surface area contributed by atoms with Crippen LogP contribution in [-0.2, 0) is 20.6 Å². The van der Waals surface area contributed by atoms with E-state index in [4.69, 9.17) is 18.9 Å². The molecule has 0 bridgehead atoms. The van der Waals surface area contributed by atoms with Gasteiger partial charge in [0.15, 0.2) is 13.1 Å². The van der Waals surface area contributed by atoms with Crippen LogP contribution in [0, 0.1) is 17.3 Å². The molecule has 1 aromatic carbocycles. The van der Waals surface area contributed by atoms with Crippen molar-refractivity contribution in [3.8, 4) is 5.75 Å². The first kappa shape index (κ1) is 19.9. The lowest BCUT2D eigenvalue weighted by atomic mass is 9.55. The number of benzene rings is 1. The third-order valence-corrected chi connectivity index (χ3v) is 7.61. The van der Waals surface area contributed by atoms with Gasteiger partial charge in [0.05, 0.1) is 11.7 Å². The van der Waals surface area contributed by atoms with E-state index in [2.05, 4.69) is 19.1 Å². The molecule has 0 saturated heterocycles. The molecule has 5 heteroatoms. The van der Waals surface area contributed by atoms with Gasteiger partial charge in [0, 0.05) is 14.2 Å². The zero-order valence-corrected chi connectivity index (χ0v) is 17.2. The molecular weight excluding hydrogens is 356 g/mol. The summed E-state index contributed by atoms with van der Waals surface area (Å²) in [5, 5.41) is 0. The van der Waals surface area contributed by atoms with Gasteiger partial charge in [-0.15, -0.1) is 0 Å². The number of methoxy groups -OCH3 is 2. The molecule has 3 aliphatic rings. The van der Waals surface area contributed by atoms with Crippen molar-refractivity contribution in [3.63, 3.8) is 0 Å². The molecule has 0 amide bonds. The van der Waals surface area contributed by atoms with E-state index in [-0.39, 0.29) is 12.2 Å². The Labute approximate surface area is 167 Å². The Morgan fingerprint density at radius 2 is 1.93 bits per heavy atom. The predicted octanol–water partition coefficient (Wildman–Crippen LogP) is 4.33. The minimum Gasteiger partial charge on any atom is -0.467 e. The summed E-state index contributed by atoms with van der Waals surface area (Å²) in [4.78, 5) is 11.7. The SMILES string of the molecule is COCOc1cc2c(cc1C=O)[C@@H]1CC[C@]3(C)[C@@H](OCOC)CC[C@@H]3[C@@H]1CC2. The third kappa shape index (κ3) is 3.27. The Morgan fingerprint density at radius 3 is 2.68 bits per heavy atom. The number of hydrogen-bond acceptors (Lipinski definition) is 5. The van der Waals surface area contributed by atoms with Crippen LogP contribution in [0.4, 0.5) is 0 Å². The summed E-state index contributed by atoms with van der Waals surface area (Å²) < 4.78 is 21.9. The van der Waals surface area contributed by atoms with Gasteiger partial charge in [-0.1, -0.05) is 6.92 Å². The highest BCUT2D eigenvalue weighted by atomic mass is 16.7. The summed E-state index contributed by atoms with van der Waals surface area (Å²) >= 11 is 0. The lowest BCUT2D eigenvalue weighted by Gasteiger charge is -2.50. The zero-order chi connectivity index (χ0) is 19.7. The van der Waals surface area contributed by atoms with Gasteiger partial charge in [-0.2, -0.15) is 0 Å². The summed E-state index contributed by atoms with van der Waals surface area (Å²) in [6.07, 6.45) is 8.16. The Hall–Kier alpha value is -1.43. The number of ether oxygens (including phenoxy) is 4. The molecule has 5 atom stereocenters. The van der Waals surface area contributed by atoms with Crippen LogP contribution in [0.1, 0.15) is 66.4 Å². The van der Waals surface area contributed by atoms with Crippen molar-refractivity contribution < 1.29 is 23.7 Å². The van der Waals surface area contributed by atoms with Crippen LogP contribution < -0.4 is 4.74 Å². The molecule has 0 spiro atoms. The van der Waals surface area contributed by atoms with Crippen molar-refractivity contribution in [3.05, 3.63) is 28.8 Å². The van der Waals surface area contributed by atoms with Gasteiger partial charge < -0.3 is 18.9 Å². The zero-order valence-electron chi connectivity index (χ0n) is 17.2. The molecule has 0 unspecified atom stereocenters. The summed E-state index contributed by atoms with van der Waals surface area (Å²) in [5.74, 6) is 2.54. The van der Waals surface area contributed by atoms with Gasteiger partial charge in [-0.05, 0) is 85.0 Å². The van der Waals surface area contributed by atoms with Gasteiger partial charge in [-0.3, -0.25) is 4.79 Å².